The zero-order valence-electron chi connectivity index (χ0n) is 21.5. The first kappa shape index (κ1) is 25.9. The largest absolute Gasteiger partial charge is 0.494 e. The summed E-state index contributed by atoms with van der Waals surface area (Å²) in [5.41, 5.74) is 6.66. The topological polar surface area (TPSA) is 92.5 Å². The van der Waals surface area contributed by atoms with E-state index in [-0.39, 0.29) is 5.69 Å². The first-order chi connectivity index (χ1) is 15.3. The number of hydrogen-bond acceptors (Lipinski definition) is 6. The van der Waals surface area contributed by atoms with Crippen molar-refractivity contribution in [3.05, 3.63) is 44.8 Å². The molecule has 0 atom stereocenters. The van der Waals surface area contributed by atoms with Crippen LogP contribution in [-0.4, -0.2) is 48.6 Å². The number of pyridine rings is 1. The van der Waals surface area contributed by atoms with Gasteiger partial charge in [-0.2, -0.15) is 5.26 Å². The van der Waals surface area contributed by atoms with E-state index in [1.165, 1.54) is 26.2 Å². The van der Waals surface area contributed by atoms with Crippen molar-refractivity contribution >= 4 is 11.9 Å². The van der Waals surface area contributed by atoms with Crippen LogP contribution in [0.4, 0.5) is 0 Å². The fraction of sp³-hybridized carbons (Fsp3) is 0.462. The molecule has 0 fully saturated rings. The summed E-state index contributed by atoms with van der Waals surface area (Å²) in [5.74, 6) is -0.650. The minimum atomic E-state index is -1.19. The number of aromatic nitrogens is 1. The van der Waals surface area contributed by atoms with Gasteiger partial charge in [0.1, 0.15) is 5.54 Å². The first-order valence-electron chi connectivity index (χ1n) is 10.7. The van der Waals surface area contributed by atoms with E-state index in [0.717, 1.165) is 38.9 Å². The lowest BCUT2D eigenvalue weighted by Gasteiger charge is -2.33. The molecule has 1 aromatic heterocycles. The average Bonchev–Trinajstić information content (AvgIpc) is 2.78. The van der Waals surface area contributed by atoms with Gasteiger partial charge in [0, 0.05) is 23.9 Å². The van der Waals surface area contributed by atoms with Gasteiger partial charge in [0.2, 0.25) is 0 Å². The molecule has 0 unspecified atom stereocenters. The summed E-state index contributed by atoms with van der Waals surface area (Å²) in [6.45, 7) is 14.9. The van der Waals surface area contributed by atoms with Gasteiger partial charge >= 0.3 is 5.97 Å². The van der Waals surface area contributed by atoms with Crippen molar-refractivity contribution in [3.63, 3.8) is 0 Å². The summed E-state index contributed by atoms with van der Waals surface area (Å²) < 4.78 is 10.5. The Bertz CT molecular complexity index is 1190. The highest BCUT2D eigenvalue weighted by Gasteiger charge is 2.39. The van der Waals surface area contributed by atoms with Crippen LogP contribution in [-0.2, 0) is 9.53 Å². The van der Waals surface area contributed by atoms with E-state index in [1.807, 2.05) is 41.5 Å². The molecule has 176 valence electrons. The van der Waals surface area contributed by atoms with Gasteiger partial charge in [0.25, 0.3) is 5.91 Å². The Morgan fingerprint density at radius 1 is 0.909 bits per heavy atom. The van der Waals surface area contributed by atoms with Crippen molar-refractivity contribution in [2.24, 2.45) is 0 Å². The minimum Gasteiger partial charge on any atom is -0.494 e. The zero-order valence-corrected chi connectivity index (χ0v) is 21.5. The van der Waals surface area contributed by atoms with Crippen LogP contribution in [0.15, 0.2) is 0 Å². The molecule has 0 aliphatic heterocycles. The van der Waals surface area contributed by atoms with E-state index < -0.39 is 17.4 Å². The van der Waals surface area contributed by atoms with Crippen LogP contribution in [0, 0.1) is 52.9 Å². The Labute approximate surface area is 196 Å². The molecule has 2 aromatic rings. The number of hydrogen-bond donors (Lipinski definition) is 0. The maximum atomic E-state index is 13.4. The highest BCUT2D eigenvalue weighted by atomic mass is 16.5. The monoisotopic (exact) mass is 451 g/mol. The van der Waals surface area contributed by atoms with Gasteiger partial charge in [-0.1, -0.05) is 0 Å². The van der Waals surface area contributed by atoms with Gasteiger partial charge in [-0.3, -0.25) is 4.79 Å². The molecule has 33 heavy (non-hydrogen) atoms. The molecule has 0 aliphatic carbocycles. The van der Waals surface area contributed by atoms with E-state index in [1.54, 1.807) is 13.8 Å². The van der Waals surface area contributed by atoms with Crippen molar-refractivity contribution in [1.29, 1.82) is 5.26 Å². The number of methoxy groups -OCH3 is 2. The molecule has 0 spiro atoms. The number of amides is 1. The lowest BCUT2D eigenvalue weighted by molar-refractivity contribution is -0.150. The fourth-order valence-electron chi connectivity index (χ4n) is 4.29. The number of nitriles is 1. The lowest BCUT2D eigenvalue weighted by atomic mass is 9.84. The third-order valence-electron chi connectivity index (χ3n) is 6.79. The Morgan fingerprint density at radius 2 is 1.48 bits per heavy atom. The standard InChI is InChI=1S/C26H33N3O4/c1-13-14(2)19(12-27)16(4)20(15(13)3)21-17(5)23(32-10)22(28-18(21)6)24(30)29(9)26(7,8)25(31)33-11/h1-11H3. The van der Waals surface area contributed by atoms with Crippen LogP contribution in [0.3, 0.4) is 0 Å². The van der Waals surface area contributed by atoms with E-state index >= 15 is 0 Å². The summed E-state index contributed by atoms with van der Waals surface area (Å²) in [6, 6.07) is 2.33. The SMILES string of the molecule is COC(=O)C(C)(C)N(C)C(=O)c1nc(C)c(-c2c(C)c(C)c(C)c(C#N)c2C)c(C)c1OC. The van der Waals surface area contributed by atoms with Crippen LogP contribution in [0.25, 0.3) is 11.1 Å². The number of carbonyl (C=O) groups is 2. The molecule has 0 aliphatic rings. The molecule has 7 heteroatoms. The van der Waals surface area contributed by atoms with Crippen LogP contribution in [0.5, 0.6) is 5.75 Å². The summed E-state index contributed by atoms with van der Waals surface area (Å²) in [5, 5.41) is 9.77. The number of aryl methyl sites for hydroxylation is 1. The molecule has 2 rings (SSSR count). The van der Waals surface area contributed by atoms with Crippen molar-refractivity contribution in [2.45, 2.75) is 60.9 Å². The Morgan fingerprint density at radius 3 is 1.97 bits per heavy atom. The summed E-state index contributed by atoms with van der Waals surface area (Å²) in [4.78, 5) is 31.6. The van der Waals surface area contributed by atoms with Crippen LogP contribution >= 0.6 is 0 Å². The van der Waals surface area contributed by atoms with Crippen molar-refractivity contribution in [1.82, 2.24) is 9.88 Å². The molecule has 0 saturated heterocycles. The van der Waals surface area contributed by atoms with Gasteiger partial charge in [-0.15, -0.1) is 0 Å². The quantitative estimate of drug-likeness (QED) is 0.622. The predicted molar refractivity (Wildman–Crippen MR) is 128 cm³/mol. The molecule has 1 aromatic carbocycles. The van der Waals surface area contributed by atoms with Crippen molar-refractivity contribution < 1.29 is 19.1 Å². The molecule has 1 heterocycles. The van der Waals surface area contributed by atoms with E-state index in [0.29, 0.717) is 17.0 Å². The third-order valence-corrected chi connectivity index (χ3v) is 6.79. The number of benzene rings is 1. The molecule has 7 nitrogen and oxygen atoms in total. The van der Waals surface area contributed by atoms with Gasteiger partial charge in [0.05, 0.1) is 25.9 Å². The number of ether oxygens (including phenoxy) is 2. The van der Waals surface area contributed by atoms with Gasteiger partial charge < -0.3 is 14.4 Å². The van der Waals surface area contributed by atoms with E-state index in [4.69, 9.17) is 9.47 Å². The Hall–Kier alpha value is -3.40. The number of rotatable bonds is 5. The molecule has 1 amide bonds. The van der Waals surface area contributed by atoms with E-state index in [2.05, 4.69) is 11.1 Å². The second-order valence-electron chi connectivity index (χ2n) is 8.86. The fourth-order valence-corrected chi connectivity index (χ4v) is 4.29. The number of nitrogens with zero attached hydrogens (tertiary/aromatic N) is 3. The summed E-state index contributed by atoms with van der Waals surface area (Å²) >= 11 is 0. The number of carbonyl (C=O) groups excluding carboxylic acids is 2. The molecular formula is C26H33N3O4. The van der Waals surface area contributed by atoms with Crippen molar-refractivity contribution in [2.75, 3.05) is 21.3 Å². The van der Waals surface area contributed by atoms with Crippen LogP contribution in [0.2, 0.25) is 0 Å². The molecule has 0 radical (unpaired) electrons. The number of esters is 1. The maximum absolute atomic E-state index is 13.4. The summed E-state index contributed by atoms with van der Waals surface area (Å²) in [6.07, 6.45) is 0. The second kappa shape index (κ2) is 9.22. The lowest BCUT2D eigenvalue weighted by Crippen LogP contribution is -2.51. The molecule has 0 saturated carbocycles. The summed E-state index contributed by atoms with van der Waals surface area (Å²) in [7, 11) is 4.32. The zero-order chi connectivity index (χ0) is 25.4. The third kappa shape index (κ3) is 4.06. The first-order valence-corrected chi connectivity index (χ1v) is 10.7. The number of likely N-dealkylation sites (N-methyl/N-ethyl adjacent to an activating group) is 1. The second-order valence-corrected chi connectivity index (χ2v) is 8.86. The smallest absolute Gasteiger partial charge is 0.331 e. The highest BCUT2D eigenvalue weighted by molar-refractivity contribution is 5.99. The Kier molecular flexibility index (Phi) is 7.23. The molecular weight excluding hydrogens is 418 g/mol. The van der Waals surface area contributed by atoms with Crippen LogP contribution < -0.4 is 4.74 Å². The molecule has 0 N–H and O–H groups in total. The van der Waals surface area contributed by atoms with Gasteiger partial charge in [-0.25, -0.2) is 9.78 Å². The minimum absolute atomic E-state index is 0.121. The average molecular weight is 452 g/mol. The maximum Gasteiger partial charge on any atom is 0.331 e. The highest BCUT2D eigenvalue weighted by Crippen LogP contribution is 2.41. The van der Waals surface area contributed by atoms with Crippen molar-refractivity contribution in [3.8, 4) is 22.9 Å². The van der Waals surface area contributed by atoms with Gasteiger partial charge in [0.15, 0.2) is 11.4 Å². The normalized spacial score (nSPS) is 11.1. The van der Waals surface area contributed by atoms with Crippen LogP contribution in [0.1, 0.15) is 63.4 Å². The van der Waals surface area contributed by atoms with Gasteiger partial charge in [-0.05, 0) is 83.2 Å². The predicted octanol–water partition coefficient (Wildman–Crippen LogP) is 4.50. The molecule has 0 bridgehead atoms. The van der Waals surface area contributed by atoms with E-state index in [9.17, 15) is 14.9 Å². The Balaban J connectivity index is 2.84.